The summed E-state index contributed by atoms with van der Waals surface area (Å²) in [4.78, 5) is 42.7. The van der Waals surface area contributed by atoms with Gasteiger partial charge in [-0.05, 0) is 41.5 Å². The molecule has 1 aromatic carbocycles. The molecule has 0 radical (unpaired) electrons. The number of halogens is 2. The summed E-state index contributed by atoms with van der Waals surface area (Å²) in [7, 11) is 1.49. The van der Waals surface area contributed by atoms with Crippen LogP contribution in [-0.4, -0.2) is 20.0 Å². The Balaban J connectivity index is 1.67. The van der Waals surface area contributed by atoms with Gasteiger partial charge in [0.1, 0.15) is 4.83 Å². The molecule has 31 heavy (non-hydrogen) atoms. The molecule has 0 saturated carbocycles. The average molecular weight is 442 g/mol. The molecule has 1 N–H and O–H groups in total. The topological polar surface area (TPSA) is 86.0 Å². The zero-order chi connectivity index (χ0) is 22.1. The molecule has 4 aromatic rings. The van der Waals surface area contributed by atoms with Gasteiger partial charge in [0.2, 0.25) is 0 Å². The average Bonchev–Trinajstić information content (AvgIpc) is 3.23. The number of nitrogens with zero attached hydrogens (tertiary/aromatic N) is 3. The molecule has 0 unspecified atom stereocenters. The van der Waals surface area contributed by atoms with Crippen molar-refractivity contribution in [2.24, 2.45) is 7.05 Å². The van der Waals surface area contributed by atoms with Crippen LogP contribution in [0.15, 0.2) is 58.4 Å². The quantitative estimate of drug-likeness (QED) is 0.514. The summed E-state index contributed by atoms with van der Waals surface area (Å²) < 4.78 is 28.9. The molecule has 0 atom stereocenters. The minimum Gasteiger partial charge on any atom is -0.347 e. The van der Waals surface area contributed by atoms with Crippen LogP contribution in [0.3, 0.4) is 0 Å². The molecule has 4 rings (SSSR count). The number of aromatic nitrogens is 3. The number of thiophene rings is 1. The highest BCUT2D eigenvalue weighted by Crippen LogP contribution is 2.22. The number of benzene rings is 1. The molecule has 0 fully saturated rings. The van der Waals surface area contributed by atoms with Gasteiger partial charge in [0.25, 0.3) is 11.5 Å². The fraction of sp³-hybridized carbons (Fsp3) is 0.143. The lowest BCUT2D eigenvalue weighted by Gasteiger charge is -2.08. The van der Waals surface area contributed by atoms with Gasteiger partial charge in [-0.3, -0.25) is 23.7 Å². The van der Waals surface area contributed by atoms with Crippen LogP contribution in [0.4, 0.5) is 8.78 Å². The summed E-state index contributed by atoms with van der Waals surface area (Å²) >= 11 is 1.03. The molecule has 10 heteroatoms. The minimum absolute atomic E-state index is 0.198. The first-order chi connectivity index (χ1) is 14.8. The lowest BCUT2D eigenvalue weighted by molar-refractivity contribution is 0.0955. The molecule has 0 aliphatic carbocycles. The fourth-order valence-electron chi connectivity index (χ4n) is 3.13. The number of fused-ring (bicyclic) bond motifs is 1. The molecule has 0 spiro atoms. The number of carbonyl (C=O) groups excluding carboxylic acids is 1. The predicted octanol–water partition coefficient (Wildman–Crippen LogP) is 2.41. The summed E-state index contributed by atoms with van der Waals surface area (Å²) in [6, 6.07) is 8.16. The van der Waals surface area contributed by atoms with E-state index in [2.05, 4.69) is 10.3 Å². The molecule has 3 heterocycles. The number of pyridine rings is 1. The maximum Gasteiger partial charge on any atom is 0.332 e. The Morgan fingerprint density at radius 3 is 2.52 bits per heavy atom. The van der Waals surface area contributed by atoms with E-state index in [1.54, 1.807) is 24.5 Å². The standard InChI is InChI=1S/C21H16F2N4O3S/c1-26-20-14(9-17(31-20)18(28)25-10-12-4-6-24-7-5-12)19(29)27(21(26)30)11-13-2-3-15(22)16(23)8-13/h2-9H,10-11H2,1H3,(H,25,28). The molecule has 1 amide bonds. The van der Waals surface area contributed by atoms with Gasteiger partial charge in [0.15, 0.2) is 11.6 Å². The van der Waals surface area contributed by atoms with Gasteiger partial charge < -0.3 is 5.32 Å². The Labute approximate surface area is 178 Å². The van der Waals surface area contributed by atoms with Crippen LogP contribution < -0.4 is 16.6 Å². The van der Waals surface area contributed by atoms with Gasteiger partial charge in [-0.15, -0.1) is 11.3 Å². The Bertz CT molecular complexity index is 1410. The first kappa shape index (κ1) is 20.6. The minimum atomic E-state index is -1.06. The number of aryl methyl sites for hydroxylation is 1. The molecule has 3 aromatic heterocycles. The second-order valence-electron chi connectivity index (χ2n) is 6.85. The number of rotatable bonds is 5. The number of nitrogens with one attached hydrogen (secondary N) is 1. The summed E-state index contributed by atoms with van der Waals surface area (Å²) in [5.41, 5.74) is -0.0890. The number of hydrogen-bond acceptors (Lipinski definition) is 5. The second-order valence-corrected chi connectivity index (χ2v) is 7.88. The Hall–Kier alpha value is -3.66. The molecule has 158 valence electrons. The summed E-state index contributed by atoms with van der Waals surface area (Å²) in [6.07, 6.45) is 3.23. The van der Waals surface area contributed by atoms with Crippen LogP contribution >= 0.6 is 11.3 Å². The van der Waals surface area contributed by atoms with E-state index in [9.17, 15) is 23.2 Å². The van der Waals surface area contributed by atoms with Crippen molar-refractivity contribution < 1.29 is 13.6 Å². The van der Waals surface area contributed by atoms with Crippen LogP contribution in [0, 0.1) is 11.6 Å². The first-order valence-corrected chi connectivity index (χ1v) is 10.0. The SMILES string of the molecule is Cn1c(=O)n(Cc2ccc(F)c(F)c2)c(=O)c2cc(C(=O)NCc3ccncc3)sc21. The van der Waals surface area contributed by atoms with E-state index in [-0.39, 0.29) is 34.8 Å². The van der Waals surface area contributed by atoms with Crippen LogP contribution in [0.5, 0.6) is 0 Å². The van der Waals surface area contributed by atoms with Gasteiger partial charge in [-0.25, -0.2) is 13.6 Å². The number of amides is 1. The van der Waals surface area contributed by atoms with Crippen LogP contribution in [0.2, 0.25) is 0 Å². The van der Waals surface area contributed by atoms with Crippen molar-refractivity contribution >= 4 is 27.5 Å². The Morgan fingerprint density at radius 2 is 1.81 bits per heavy atom. The van der Waals surface area contributed by atoms with Gasteiger partial charge in [0, 0.05) is 26.0 Å². The zero-order valence-corrected chi connectivity index (χ0v) is 17.1. The van der Waals surface area contributed by atoms with Crippen LogP contribution in [0.25, 0.3) is 10.2 Å². The smallest absolute Gasteiger partial charge is 0.332 e. The summed E-state index contributed by atoms with van der Waals surface area (Å²) in [6.45, 7) is 0.0625. The normalized spacial score (nSPS) is 11.1. The van der Waals surface area contributed by atoms with E-state index in [1.165, 1.54) is 23.7 Å². The highest BCUT2D eigenvalue weighted by Gasteiger charge is 2.18. The van der Waals surface area contributed by atoms with Crippen molar-refractivity contribution in [3.8, 4) is 0 Å². The summed E-state index contributed by atoms with van der Waals surface area (Å²) in [5.74, 6) is -2.45. The van der Waals surface area contributed by atoms with Crippen molar-refractivity contribution in [2.75, 3.05) is 0 Å². The van der Waals surface area contributed by atoms with E-state index in [1.807, 2.05) is 0 Å². The summed E-state index contributed by atoms with van der Waals surface area (Å²) in [5, 5.41) is 2.96. The molecule has 0 saturated heterocycles. The van der Waals surface area contributed by atoms with Gasteiger partial charge in [0.05, 0.1) is 16.8 Å². The molecule has 0 aliphatic heterocycles. The second kappa shape index (κ2) is 8.23. The number of carbonyl (C=O) groups is 1. The van der Waals surface area contributed by atoms with Crippen LogP contribution in [0.1, 0.15) is 20.8 Å². The first-order valence-electron chi connectivity index (χ1n) is 9.19. The molecule has 0 aliphatic rings. The van der Waals surface area contributed by atoms with E-state index in [0.29, 0.717) is 4.83 Å². The highest BCUT2D eigenvalue weighted by atomic mass is 32.1. The monoisotopic (exact) mass is 442 g/mol. The predicted molar refractivity (Wildman–Crippen MR) is 112 cm³/mol. The highest BCUT2D eigenvalue weighted by molar-refractivity contribution is 7.20. The maximum absolute atomic E-state index is 13.5. The van der Waals surface area contributed by atoms with Crippen molar-refractivity contribution in [3.63, 3.8) is 0 Å². The maximum atomic E-state index is 13.5. The van der Waals surface area contributed by atoms with E-state index >= 15 is 0 Å². The Kier molecular flexibility index (Phi) is 5.47. The molecular weight excluding hydrogens is 426 g/mol. The van der Waals surface area contributed by atoms with E-state index in [4.69, 9.17) is 0 Å². The lowest BCUT2D eigenvalue weighted by Crippen LogP contribution is -2.38. The zero-order valence-electron chi connectivity index (χ0n) is 16.3. The van der Waals surface area contributed by atoms with E-state index < -0.39 is 22.9 Å². The third kappa shape index (κ3) is 4.02. The van der Waals surface area contributed by atoms with Crippen molar-refractivity contribution in [1.29, 1.82) is 0 Å². The van der Waals surface area contributed by atoms with Gasteiger partial charge in [-0.2, -0.15) is 0 Å². The third-order valence-electron chi connectivity index (χ3n) is 4.76. The molecule has 7 nitrogen and oxygen atoms in total. The Morgan fingerprint density at radius 1 is 1.06 bits per heavy atom. The van der Waals surface area contributed by atoms with Crippen molar-refractivity contribution in [1.82, 2.24) is 19.4 Å². The van der Waals surface area contributed by atoms with Crippen LogP contribution in [-0.2, 0) is 20.1 Å². The third-order valence-corrected chi connectivity index (χ3v) is 5.97. The van der Waals surface area contributed by atoms with Crippen molar-refractivity contribution in [3.05, 3.63) is 97.3 Å². The fourth-order valence-corrected chi connectivity index (χ4v) is 4.15. The van der Waals surface area contributed by atoms with E-state index in [0.717, 1.165) is 33.6 Å². The number of hydrogen-bond donors (Lipinski definition) is 1. The van der Waals surface area contributed by atoms with Gasteiger partial charge >= 0.3 is 5.69 Å². The molecule has 0 bridgehead atoms. The largest absolute Gasteiger partial charge is 0.347 e. The lowest BCUT2D eigenvalue weighted by atomic mass is 10.2. The van der Waals surface area contributed by atoms with Crippen molar-refractivity contribution in [2.45, 2.75) is 13.1 Å². The van der Waals surface area contributed by atoms with Gasteiger partial charge in [-0.1, -0.05) is 6.07 Å². The molecular formula is C21H16F2N4O3S.